The number of hydrogen-bond donors (Lipinski definition) is 0. The lowest BCUT2D eigenvalue weighted by Crippen LogP contribution is -2.45. The van der Waals surface area contributed by atoms with Gasteiger partial charge in [0.25, 0.3) is 0 Å². The molecule has 1 aromatic carbocycles. The van der Waals surface area contributed by atoms with E-state index in [2.05, 4.69) is 0 Å². The van der Waals surface area contributed by atoms with Crippen molar-refractivity contribution in [3.05, 3.63) is 29.6 Å². The highest BCUT2D eigenvalue weighted by Gasteiger charge is 2.31. The summed E-state index contributed by atoms with van der Waals surface area (Å²) in [6.07, 6.45) is 2.48. The molecule has 0 N–H and O–H groups in total. The molecule has 108 valence electrons. The molecule has 0 aromatic heterocycles. The third-order valence-corrected chi connectivity index (χ3v) is 3.64. The third-order valence-electron chi connectivity index (χ3n) is 3.64. The maximum atomic E-state index is 14.2. The number of methoxy groups -OCH3 is 1. The molecular weight excluding hydrogens is 261 g/mol. The highest BCUT2D eigenvalue weighted by molar-refractivity contribution is 5.94. The van der Waals surface area contributed by atoms with Gasteiger partial charge in [-0.15, -0.1) is 0 Å². The van der Waals surface area contributed by atoms with Gasteiger partial charge in [-0.05, 0) is 44.4 Å². The molecule has 0 radical (unpaired) electrons. The van der Waals surface area contributed by atoms with Crippen LogP contribution in [0.1, 0.15) is 36.5 Å². The number of carbonyl (C=O) groups excluding carboxylic acids is 2. The Kier molecular flexibility index (Phi) is 4.37. The number of hydrogen-bond acceptors (Lipinski definition) is 4. The van der Waals surface area contributed by atoms with Crippen LogP contribution in [0.2, 0.25) is 0 Å². The maximum absolute atomic E-state index is 14.2. The molecule has 1 atom stereocenters. The highest BCUT2D eigenvalue weighted by Crippen LogP contribution is 2.28. The molecule has 1 aliphatic heterocycles. The predicted octanol–water partition coefficient (Wildman–Crippen LogP) is 2.56. The van der Waals surface area contributed by atoms with Crippen LogP contribution in [0.15, 0.2) is 18.2 Å². The summed E-state index contributed by atoms with van der Waals surface area (Å²) in [4.78, 5) is 24.8. The van der Waals surface area contributed by atoms with Gasteiger partial charge in [0, 0.05) is 12.1 Å². The summed E-state index contributed by atoms with van der Waals surface area (Å²) < 4.78 is 19.0. The first kappa shape index (κ1) is 14.5. The molecule has 1 unspecified atom stereocenters. The molecule has 4 nitrogen and oxygen atoms in total. The van der Waals surface area contributed by atoms with E-state index in [-0.39, 0.29) is 11.8 Å². The van der Waals surface area contributed by atoms with Crippen molar-refractivity contribution in [3.63, 3.8) is 0 Å². The Morgan fingerprint density at radius 2 is 2.10 bits per heavy atom. The molecule has 0 bridgehead atoms. The molecule has 1 aliphatic rings. The van der Waals surface area contributed by atoms with E-state index in [0.29, 0.717) is 24.2 Å². The van der Waals surface area contributed by atoms with E-state index in [0.717, 1.165) is 12.8 Å². The van der Waals surface area contributed by atoms with Crippen molar-refractivity contribution in [3.8, 4) is 0 Å². The molecule has 0 aliphatic carbocycles. The Morgan fingerprint density at radius 3 is 2.70 bits per heavy atom. The van der Waals surface area contributed by atoms with Crippen LogP contribution in [0.5, 0.6) is 0 Å². The SMILES string of the molecule is COC(=O)C1CCCCN1c1ccc(C(C)=O)cc1F. The summed E-state index contributed by atoms with van der Waals surface area (Å²) >= 11 is 0. The number of Topliss-reactive ketones (excluding diaryl/α,β-unsaturated/α-hetero) is 1. The number of rotatable bonds is 3. The molecule has 20 heavy (non-hydrogen) atoms. The number of ether oxygens (including phenoxy) is 1. The lowest BCUT2D eigenvalue weighted by atomic mass is 10.0. The molecule has 1 saturated heterocycles. The minimum absolute atomic E-state index is 0.182. The number of ketones is 1. The fourth-order valence-electron chi connectivity index (χ4n) is 2.56. The number of carbonyl (C=O) groups is 2. The van der Waals surface area contributed by atoms with Gasteiger partial charge in [0.05, 0.1) is 12.8 Å². The molecule has 1 fully saturated rings. The largest absolute Gasteiger partial charge is 0.467 e. The number of benzene rings is 1. The first-order chi connectivity index (χ1) is 9.54. The summed E-state index contributed by atoms with van der Waals surface area (Å²) in [7, 11) is 1.34. The second-order valence-electron chi connectivity index (χ2n) is 4.95. The van der Waals surface area contributed by atoms with E-state index < -0.39 is 11.9 Å². The van der Waals surface area contributed by atoms with Crippen molar-refractivity contribution in [1.29, 1.82) is 0 Å². The topological polar surface area (TPSA) is 46.6 Å². The zero-order chi connectivity index (χ0) is 14.7. The number of piperidine rings is 1. The Hall–Kier alpha value is -1.91. The summed E-state index contributed by atoms with van der Waals surface area (Å²) in [6, 6.07) is 3.92. The average Bonchev–Trinajstić information content (AvgIpc) is 2.46. The van der Waals surface area contributed by atoms with Crippen LogP contribution in [-0.2, 0) is 9.53 Å². The normalized spacial score (nSPS) is 18.8. The summed E-state index contributed by atoms with van der Waals surface area (Å²) in [5, 5.41) is 0. The van der Waals surface area contributed by atoms with Crippen LogP contribution in [0.25, 0.3) is 0 Å². The van der Waals surface area contributed by atoms with Gasteiger partial charge in [-0.3, -0.25) is 4.79 Å². The lowest BCUT2D eigenvalue weighted by molar-refractivity contribution is -0.142. The standard InChI is InChI=1S/C15H18FNO3/c1-10(18)11-6-7-13(12(16)9-11)17-8-4-3-5-14(17)15(19)20-2/h6-7,9,14H,3-5,8H2,1-2H3. The molecule has 1 aromatic rings. The van der Waals surface area contributed by atoms with Gasteiger partial charge in [0.15, 0.2) is 5.78 Å². The van der Waals surface area contributed by atoms with Crippen molar-refractivity contribution in [2.24, 2.45) is 0 Å². The maximum Gasteiger partial charge on any atom is 0.328 e. The van der Waals surface area contributed by atoms with Crippen molar-refractivity contribution in [2.75, 3.05) is 18.6 Å². The minimum atomic E-state index is -0.478. The molecule has 1 heterocycles. The van der Waals surface area contributed by atoms with Gasteiger partial charge >= 0.3 is 5.97 Å². The quantitative estimate of drug-likeness (QED) is 0.630. The lowest BCUT2D eigenvalue weighted by Gasteiger charge is -2.35. The van der Waals surface area contributed by atoms with Gasteiger partial charge in [-0.2, -0.15) is 0 Å². The van der Waals surface area contributed by atoms with Crippen LogP contribution in [0.4, 0.5) is 10.1 Å². The molecule has 2 rings (SSSR count). The summed E-state index contributed by atoms with van der Waals surface area (Å²) in [5.41, 5.74) is 0.683. The van der Waals surface area contributed by atoms with E-state index in [4.69, 9.17) is 4.74 Å². The Balaban J connectivity index is 2.32. The molecule has 0 amide bonds. The van der Waals surface area contributed by atoms with Crippen LogP contribution in [0.3, 0.4) is 0 Å². The highest BCUT2D eigenvalue weighted by atomic mass is 19.1. The smallest absolute Gasteiger partial charge is 0.328 e. The molecule has 0 spiro atoms. The van der Waals surface area contributed by atoms with Crippen LogP contribution < -0.4 is 4.90 Å². The van der Waals surface area contributed by atoms with E-state index in [9.17, 15) is 14.0 Å². The number of nitrogens with zero attached hydrogens (tertiary/aromatic N) is 1. The Labute approximate surface area is 117 Å². The van der Waals surface area contributed by atoms with Crippen molar-refractivity contribution >= 4 is 17.4 Å². The van der Waals surface area contributed by atoms with Gasteiger partial charge in [-0.1, -0.05) is 0 Å². The van der Waals surface area contributed by atoms with Crippen molar-refractivity contribution in [1.82, 2.24) is 0 Å². The zero-order valence-electron chi connectivity index (χ0n) is 11.7. The van der Waals surface area contributed by atoms with Gasteiger partial charge < -0.3 is 9.64 Å². The summed E-state index contributed by atoms with van der Waals surface area (Å²) in [5.74, 6) is -1.01. The fourth-order valence-corrected chi connectivity index (χ4v) is 2.56. The number of esters is 1. The first-order valence-electron chi connectivity index (χ1n) is 6.69. The van der Waals surface area contributed by atoms with E-state index in [1.165, 1.54) is 20.1 Å². The van der Waals surface area contributed by atoms with Gasteiger partial charge in [-0.25, -0.2) is 9.18 Å². The Bertz CT molecular complexity index is 530. The van der Waals surface area contributed by atoms with E-state index >= 15 is 0 Å². The first-order valence-corrected chi connectivity index (χ1v) is 6.69. The monoisotopic (exact) mass is 279 g/mol. The zero-order valence-corrected chi connectivity index (χ0v) is 11.7. The fraction of sp³-hybridized carbons (Fsp3) is 0.467. The number of halogens is 1. The second-order valence-corrected chi connectivity index (χ2v) is 4.95. The van der Waals surface area contributed by atoms with Crippen molar-refractivity contribution in [2.45, 2.75) is 32.2 Å². The van der Waals surface area contributed by atoms with Gasteiger partial charge in [0.1, 0.15) is 11.9 Å². The second kappa shape index (κ2) is 6.03. The summed E-state index contributed by atoms with van der Waals surface area (Å²) in [6.45, 7) is 2.00. The third kappa shape index (κ3) is 2.81. The van der Waals surface area contributed by atoms with E-state index in [1.54, 1.807) is 17.0 Å². The Morgan fingerprint density at radius 1 is 1.35 bits per heavy atom. The van der Waals surface area contributed by atoms with Crippen molar-refractivity contribution < 1.29 is 18.7 Å². The van der Waals surface area contributed by atoms with E-state index in [1.807, 2.05) is 0 Å². The predicted molar refractivity (Wildman–Crippen MR) is 73.4 cm³/mol. The number of anilines is 1. The minimum Gasteiger partial charge on any atom is -0.467 e. The molecule has 0 saturated carbocycles. The average molecular weight is 279 g/mol. The van der Waals surface area contributed by atoms with Gasteiger partial charge in [0.2, 0.25) is 0 Å². The molecule has 5 heteroatoms. The van der Waals surface area contributed by atoms with Crippen LogP contribution in [-0.4, -0.2) is 31.4 Å². The van der Waals surface area contributed by atoms with Crippen LogP contribution >= 0.6 is 0 Å². The van der Waals surface area contributed by atoms with Crippen LogP contribution in [0, 0.1) is 5.82 Å². The molecular formula is C15H18FNO3.